The van der Waals surface area contributed by atoms with E-state index in [-0.39, 0.29) is 24.1 Å². The van der Waals surface area contributed by atoms with Crippen LogP contribution in [0.25, 0.3) is 0 Å². The van der Waals surface area contributed by atoms with Gasteiger partial charge < -0.3 is 14.5 Å². The molecule has 0 aliphatic rings. The minimum atomic E-state index is -0.291. The van der Waals surface area contributed by atoms with Crippen molar-refractivity contribution in [3.05, 3.63) is 70.9 Å². The van der Waals surface area contributed by atoms with Gasteiger partial charge in [-0.3, -0.25) is 14.3 Å². The number of nitrogens with zero attached hydrogens (tertiary/aromatic N) is 2. The van der Waals surface area contributed by atoms with Gasteiger partial charge in [0.25, 0.3) is 5.91 Å². The Bertz CT molecular complexity index is 970. The highest BCUT2D eigenvalue weighted by molar-refractivity contribution is 5.94. The first-order chi connectivity index (χ1) is 13.5. The summed E-state index contributed by atoms with van der Waals surface area (Å²) < 4.78 is 13.0. The Kier molecular flexibility index (Phi) is 5.93. The maximum absolute atomic E-state index is 12.3. The summed E-state index contributed by atoms with van der Waals surface area (Å²) in [7, 11) is 0. The van der Waals surface area contributed by atoms with Gasteiger partial charge in [0, 0.05) is 30.4 Å². The number of furan rings is 1. The number of hydrogen-bond acceptors (Lipinski definition) is 5. The molecule has 0 aliphatic heterocycles. The third-order valence-corrected chi connectivity index (χ3v) is 4.34. The summed E-state index contributed by atoms with van der Waals surface area (Å²) >= 11 is 0. The Morgan fingerprint density at radius 3 is 2.57 bits per heavy atom. The van der Waals surface area contributed by atoms with Crippen molar-refractivity contribution in [1.82, 2.24) is 15.1 Å². The number of aromatic nitrogens is 2. The first-order valence-electron chi connectivity index (χ1n) is 9.10. The van der Waals surface area contributed by atoms with E-state index in [0.717, 1.165) is 17.8 Å². The molecule has 7 nitrogen and oxygen atoms in total. The van der Waals surface area contributed by atoms with Gasteiger partial charge in [-0.1, -0.05) is 0 Å². The molecule has 1 aromatic carbocycles. The summed E-state index contributed by atoms with van der Waals surface area (Å²) in [5.74, 6) is 1.10. The van der Waals surface area contributed by atoms with Crippen LogP contribution in [-0.4, -0.2) is 21.5 Å². The number of Topliss-reactive ketones (excluding diaryl/α,β-unsaturated/α-hetero) is 1. The van der Waals surface area contributed by atoms with Gasteiger partial charge in [0.1, 0.15) is 18.1 Å². The molecular formula is C21H23N3O4. The molecule has 0 atom stereocenters. The molecule has 0 bridgehead atoms. The van der Waals surface area contributed by atoms with Gasteiger partial charge in [-0.05, 0) is 57.2 Å². The molecule has 0 unspecified atom stereocenters. The lowest BCUT2D eigenvalue weighted by Gasteiger charge is -2.05. The van der Waals surface area contributed by atoms with Crippen LogP contribution in [0.4, 0.5) is 0 Å². The molecule has 0 saturated carbocycles. The number of hydrogen-bond donors (Lipinski definition) is 1. The number of ketones is 1. The summed E-state index contributed by atoms with van der Waals surface area (Å²) in [6.07, 6.45) is 1.92. The molecule has 3 rings (SSSR count). The fourth-order valence-corrected chi connectivity index (χ4v) is 2.68. The first-order valence-corrected chi connectivity index (χ1v) is 9.10. The quantitative estimate of drug-likeness (QED) is 0.604. The molecule has 2 heterocycles. The van der Waals surface area contributed by atoms with Crippen molar-refractivity contribution in [2.75, 3.05) is 0 Å². The Morgan fingerprint density at radius 1 is 1.18 bits per heavy atom. The van der Waals surface area contributed by atoms with E-state index in [9.17, 15) is 9.59 Å². The van der Waals surface area contributed by atoms with Gasteiger partial charge >= 0.3 is 0 Å². The summed E-state index contributed by atoms with van der Waals surface area (Å²) in [5, 5.41) is 7.20. The zero-order chi connectivity index (χ0) is 20.1. The summed E-state index contributed by atoms with van der Waals surface area (Å²) in [4.78, 5) is 23.6. The van der Waals surface area contributed by atoms with Crippen molar-refractivity contribution in [1.29, 1.82) is 0 Å². The van der Waals surface area contributed by atoms with Crippen LogP contribution in [0, 0.1) is 6.92 Å². The molecule has 3 aromatic rings. The lowest BCUT2D eigenvalue weighted by atomic mass is 10.1. The van der Waals surface area contributed by atoms with Crippen molar-refractivity contribution >= 4 is 11.7 Å². The number of carbonyl (C=O) groups excluding carboxylic acids is 2. The lowest BCUT2D eigenvalue weighted by Crippen LogP contribution is -2.22. The molecule has 146 valence electrons. The molecule has 7 heteroatoms. The van der Waals surface area contributed by atoms with Crippen LogP contribution in [-0.2, 0) is 19.7 Å². The molecule has 0 fully saturated rings. The van der Waals surface area contributed by atoms with E-state index < -0.39 is 0 Å². The number of nitrogens with one attached hydrogen (secondary N) is 1. The molecule has 0 saturated heterocycles. The number of ether oxygens (including phenoxy) is 1. The highest BCUT2D eigenvalue weighted by Gasteiger charge is 2.13. The number of aryl methyl sites for hydroxylation is 2. The molecule has 2 aromatic heterocycles. The molecule has 0 radical (unpaired) electrons. The van der Waals surface area contributed by atoms with Gasteiger partial charge in [-0.2, -0.15) is 5.10 Å². The van der Waals surface area contributed by atoms with Gasteiger partial charge in [0.05, 0.1) is 5.69 Å². The highest BCUT2D eigenvalue weighted by Crippen LogP contribution is 2.16. The summed E-state index contributed by atoms with van der Waals surface area (Å²) in [6.45, 7) is 6.81. The summed E-state index contributed by atoms with van der Waals surface area (Å²) in [6, 6.07) is 10.2. The van der Waals surface area contributed by atoms with Gasteiger partial charge in [-0.15, -0.1) is 0 Å². The first kappa shape index (κ1) is 19.4. The van der Waals surface area contributed by atoms with Crippen LogP contribution in [0.3, 0.4) is 0 Å². The summed E-state index contributed by atoms with van der Waals surface area (Å²) in [5.41, 5.74) is 2.50. The monoisotopic (exact) mass is 381 g/mol. The second kappa shape index (κ2) is 8.56. The van der Waals surface area contributed by atoms with Crippen LogP contribution >= 0.6 is 0 Å². The van der Waals surface area contributed by atoms with Crippen LogP contribution in [0.5, 0.6) is 5.75 Å². The van der Waals surface area contributed by atoms with Crippen molar-refractivity contribution in [2.45, 2.75) is 40.5 Å². The fourth-order valence-electron chi connectivity index (χ4n) is 2.68. The predicted molar refractivity (Wildman–Crippen MR) is 103 cm³/mol. The fraction of sp³-hybridized carbons (Fsp3) is 0.286. The topological polar surface area (TPSA) is 86.4 Å². The van der Waals surface area contributed by atoms with E-state index in [0.29, 0.717) is 23.6 Å². The number of carbonyl (C=O) groups is 2. The van der Waals surface area contributed by atoms with Crippen molar-refractivity contribution < 1.29 is 18.7 Å². The predicted octanol–water partition coefficient (Wildman–Crippen LogP) is 3.52. The average molecular weight is 381 g/mol. The zero-order valence-electron chi connectivity index (χ0n) is 16.2. The van der Waals surface area contributed by atoms with Crippen LogP contribution in [0.2, 0.25) is 0 Å². The molecule has 0 aliphatic carbocycles. The maximum Gasteiger partial charge on any atom is 0.287 e. The van der Waals surface area contributed by atoms with Crippen LogP contribution < -0.4 is 10.1 Å². The van der Waals surface area contributed by atoms with Crippen LogP contribution in [0.15, 0.2) is 47.0 Å². The molecule has 28 heavy (non-hydrogen) atoms. The second-order valence-corrected chi connectivity index (χ2v) is 6.41. The zero-order valence-corrected chi connectivity index (χ0v) is 16.2. The SMILES string of the molecule is CCn1cc(CNC(=O)c2ccc(COc3ccc(C(C)=O)cc3)o2)c(C)n1. The normalized spacial score (nSPS) is 10.7. The maximum atomic E-state index is 12.3. The standard InChI is InChI=1S/C21H23N3O4/c1-4-24-12-17(14(2)23-24)11-22-21(26)20-10-9-19(28-20)13-27-18-7-5-16(6-8-18)15(3)25/h5-10,12H,4,11,13H2,1-3H3,(H,22,26). The van der Waals surface area contributed by atoms with E-state index in [1.807, 2.05) is 24.7 Å². The second-order valence-electron chi connectivity index (χ2n) is 6.41. The third-order valence-electron chi connectivity index (χ3n) is 4.34. The van der Waals surface area contributed by atoms with Gasteiger partial charge in [-0.25, -0.2) is 0 Å². The van der Waals surface area contributed by atoms with E-state index in [1.165, 1.54) is 6.92 Å². The number of rotatable bonds is 8. The van der Waals surface area contributed by atoms with E-state index in [1.54, 1.807) is 36.4 Å². The molecule has 1 amide bonds. The molecule has 1 N–H and O–H groups in total. The largest absolute Gasteiger partial charge is 0.486 e. The minimum Gasteiger partial charge on any atom is -0.486 e. The Morgan fingerprint density at radius 2 is 1.93 bits per heavy atom. The highest BCUT2D eigenvalue weighted by atomic mass is 16.5. The van der Waals surface area contributed by atoms with E-state index >= 15 is 0 Å². The number of benzene rings is 1. The average Bonchev–Trinajstić information content (AvgIpc) is 3.31. The molecular weight excluding hydrogens is 358 g/mol. The molecule has 0 spiro atoms. The minimum absolute atomic E-state index is 0.00507. The van der Waals surface area contributed by atoms with Crippen LogP contribution in [0.1, 0.15) is 51.8 Å². The third kappa shape index (κ3) is 4.68. The number of amides is 1. The Labute approximate surface area is 163 Å². The van der Waals surface area contributed by atoms with Gasteiger partial charge in [0.15, 0.2) is 11.5 Å². The van der Waals surface area contributed by atoms with E-state index in [4.69, 9.17) is 9.15 Å². The van der Waals surface area contributed by atoms with E-state index in [2.05, 4.69) is 10.4 Å². The van der Waals surface area contributed by atoms with Crippen molar-refractivity contribution in [2.24, 2.45) is 0 Å². The Hall–Kier alpha value is -3.35. The smallest absolute Gasteiger partial charge is 0.287 e. The lowest BCUT2D eigenvalue weighted by molar-refractivity contribution is 0.0918. The Balaban J connectivity index is 1.53. The van der Waals surface area contributed by atoms with Crippen molar-refractivity contribution in [3.8, 4) is 5.75 Å². The van der Waals surface area contributed by atoms with Crippen molar-refractivity contribution in [3.63, 3.8) is 0 Å². The van der Waals surface area contributed by atoms with Gasteiger partial charge in [0.2, 0.25) is 0 Å².